The van der Waals surface area contributed by atoms with Crippen molar-refractivity contribution in [2.45, 2.75) is 71.6 Å². The molecule has 0 aliphatic carbocycles. The van der Waals surface area contributed by atoms with Gasteiger partial charge in [0.2, 0.25) is 0 Å². The normalized spacial score (nSPS) is 13.6. The number of hydrogen-bond acceptors (Lipinski definition) is 2. The fourth-order valence-corrected chi connectivity index (χ4v) is 3.55. The molecular weight excluding hydrogens is 318 g/mol. The van der Waals surface area contributed by atoms with Crippen molar-refractivity contribution in [3.05, 3.63) is 36.2 Å². The van der Waals surface area contributed by atoms with Gasteiger partial charge in [-0.1, -0.05) is 58.4 Å². The third kappa shape index (κ3) is 6.19. The SMILES string of the molecule is CCCCCCCC.CN1CCCCc2cc(-c3cnn(C)c3)ccc21. The fraction of sp³-hybridized carbons (Fsp3) is 0.609. The van der Waals surface area contributed by atoms with Crippen molar-refractivity contribution >= 4 is 5.69 Å². The number of aryl methyl sites for hydroxylation is 2. The van der Waals surface area contributed by atoms with Crippen molar-refractivity contribution in [2.75, 3.05) is 18.5 Å². The largest absolute Gasteiger partial charge is 0.374 e. The lowest BCUT2D eigenvalue weighted by Crippen LogP contribution is -2.17. The van der Waals surface area contributed by atoms with Gasteiger partial charge < -0.3 is 4.90 Å². The third-order valence-corrected chi connectivity index (χ3v) is 5.18. The monoisotopic (exact) mass is 355 g/mol. The van der Waals surface area contributed by atoms with Crippen LogP contribution in [0.2, 0.25) is 0 Å². The average molecular weight is 356 g/mol. The van der Waals surface area contributed by atoms with Crippen LogP contribution in [0, 0.1) is 0 Å². The molecule has 1 aromatic heterocycles. The predicted octanol–water partition coefficient (Wildman–Crippen LogP) is 6.23. The molecule has 0 unspecified atom stereocenters. The number of anilines is 1. The highest BCUT2D eigenvalue weighted by molar-refractivity contribution is 5.68. The standard InChI is InChI=1S/C15H19N3.C8H18/c1-17-8-4-3-5-13-9-12(6-7-15(13)17)14-10-16-18(2)11-14;1-3-5-7-8-6-4-2/h6-7,9-11H,3-5,8H2,1-2H3;3-8H2,1-2H3. The van der Waals surface area contributed by atoms with Gasteiger partial charge in [0.25, 0.3) is 0 Å². The van der Waals surface area contributed by atoms with Gasteiger partial charge in [-0.15, -0.1) is 0 Å². The van der Waals surface area contributed by atoms with E-state index in [9.17, 15) is 0 Å². The van der Waals surface area contributed by atoms with E-state index < -0.39 is 0 Å². The Morgan fingerprint density at radius 1 is 0.923 bits per heavy atom. The Labute approximate surface area is 160 Å². The number of unbranched alkanes of at least 4 members (excludes halogenated alkanes) is 5. The van der Waals surface area contributed by atoms with Gasteiger partial charge in [-0.25, -0.2) is 0 Å². The molecule has 0 amide bonds. The Morgan fingerprint density at radius 3 is 2.27 bits per heavy atom. The summed E-state index contributed by atoms with van der Waals surface area (Å²) in [6.07, 6.45) is 16.3. The van der Waals surface area contributed by atoms with Crippen LogP contribution in [0.5, 0.6) is 0 Å². The molecule has 0 N–H and O–H groups in total. The quantitative estimate of drug-likeness (QED) is 0.573. The van der Waals surface area contributed by atoms with Gasteiger partial charge in [-0.05, 0) is 42.5 Å². The van der Waals surface area contributed by atoms with Crippen LogP contribution in [-0.2, 0) is 13.5 Å². The predicted molar refractivity (Wildman–Crippen MR) is 114 cm³/mol. The topological polar surface area (TPSA) is 21.1 Å². The van der Waals surface area contributed by atoms with Crippen LogP contribution in [0.15, 0.2) is 30.6 Å². The van der Waals surface area contributed by atoms with Crippen molar-refractivity contribution < 1.29 is 0 Å². The zero-order valence-corrected chi connectivity index (χ0v) is 17.3. The van der Waals surface area contributed by atoms with Gasteiger partial charge in [-0.3, -0.25) is 4.68 Å². The highest BCUT2D eigenvalue weighted by atomic mass is 15.2. The van der Waals surface area contributed by atoms with E-state index in [0.29, 0.717) is 0 Å². The van der Waals surface area contributed by atoms with Gasteiger partial charge in [0.05, 0.1) is 6.20 Å². The van der Waals surface area contributed by atoms with E-state index in [4.69, 9.17) is 0 Å². The Morgan fingerprint density at radius 2 is 1.65 bits per heavy atom. The summed E-state index contributed by atoms with van der Waals surface area (Å²) in [4.78, 5) is 2.37. The minimum Gasteiger partial charge on any atom is -0.374 e. The number of hydrogen-bond donors (Lipinski definition) is 0. The lowest BCUT2D eigenvalue weighted by Gasteiger charge is -2.19. The van der Waals surface area contributed by atoms with Gasteiger partial charge in [0, 0.05) is 38.1 Å². The Hall–Kier alpha value is -1.77. The molecule has 26 heavy (non-hydrogen) atoms. The summed E-state index contributed by atoms with van der Waals surface area (Å²) in [5.74, 6) is 0. The summed E-state index contributed by atoms with van der Waals surface area (Å²) >= 11 is 0. The van der Waals surface area contributed by atoms with E-state index in [0.717, 1.165) is 0 Å². The molecule has 144 valence electrons. The Bertz CT molecular complexity index is 639. The van der Waals surface area contributed by atoms with Gasteiger partial charge in [0.1, 0.15) is 0 Å². The van der Waals surface area contributed by atoms with Gasteiger partial charge in [0.15, 0.2) is 0 Å². The molecule has 3 rings (SSSR count). The van der Waals surface area contributed by atoms with Crippen LogP contribution in [-0.4, -0.2) is 23.4 Å². The van der Waals surface area contributed by atoms with E-state index in [1.807, 2.05) is 17.9 Å². The van der Waals surface area contributed by atoms with Gasteiger partial charge >= 0.3 is 0 Å². The van der Waals surface area contributed by atoms with Crippen LogP contribution in [0.1, 0.15) is 70.8 Å². The zero-order chi connectivity index (χ0) is 18.8. The summed E-state index contributed by atoms with van der Waals surface area (Å²) in [5.41, 5.74) is 5.33. The summed E-state index contributed by atoms with van der Waals surface area (Å²) in [6, 6.07) is 6.79. The van der Waals surface area contributed by atoms with E-state index in [1.165, 1.54) is 86.7 Å². The van der Waals surface area contributed by atoms with Crippen molar-refractivity contribution in [1.29, 1.82) is 0 Å². The van der Waals surface area contributed by atoms with E-state index >= 15 is 0 Å². The number of fused-ring (bicyclic) bond motifs is 1. The average Bonchev–Trinajstić information content (AvgIpc) is 3.00. The van der Waals surface area contributed by atoms with Crippen molar-refractivity contribution in [3.8, 4) is 11.1 Å². The highest BCUT2D eigenvalue weighted by Gasteiger charge is 2.13. The second kappa shape index (κ2) is 11.1. The molecule has 0 fully saturated rings. The van der Waals surface area contributed by atoms with E-state index in [1.54, 1.807) is 0 Å². The molecule has 1 aromatic carbocycles. The van der Waals surface area contributed by atoms with Crippen molar-refractivity contribution in [3.63, 3.8) is 0 Å². The minimum atomic E-state index is 1.17. The minimum absolute atomic E-state index is 1.17. The van der Waals surface area contributed by atoms with E-state index in [2.05, 4.69) is 55.3 Å². The molecular formula is C23H37N3. The first-order valence-corrected chi connectivity index (χ1v) is 10.5. The maximum atomic E-state index is 4.24. The molecule has 2 aromatic rings. The number of nitrogens with zero attached hydrogens (tertiary/aromatic N) is 3. The lowest BCUT2D eigenvalue weighted by molar-refractivity contribution is 0.624. The molecule has 1 aliphatic rings. The molecule has 3 heteroatoms. The second-order valence-electron chi connectivity index (χ2n) is 7.54. The van der Waals surface area contributed by atoms with Crippen molar-refractivity contribution in [1.82, 2.24) is 9.78 Å². The van der Waals surface area contributed by atoms with E-state index in [-0.39, 0.29) is 0 Å². The second-order valence-corrected chi connectivity index (χ2v) is 7.54. The molecule has 0 saturated carbocycles. The highest BCUT2D eigenvalue weighted by Crippen LogP contribution is 2.30. The summed E-state index contributed by atoms with van der Waals surface area (Å²) in [5, 5.41) is 4.24. The summed E-state index contributed by atoms with van der Waals surface area (Å²) in [6.45, 7) is 5.68. The zero-order valence-electron chi connectivity index (χ0n) is 17.3. The number of aromatic nitrogens is 2. The van der Waals surface area contributed by atoms with Crippen LogP contribution >= 0.6 is 0 Å². The molecule has 2 heterocycles. The molecule has 0 bridgehead atoms. The number of benzene rings is 1. The first-order chi connectivity index (χ1) is 12.7. The van der Waals surface area contributed by atoms with Crippen LogP contribution in [0.25, 0.3) is 11.1 Å². The molecule has 0 saturated heterocycles. The smallest absolute Gasteiger partial charge is 0.0568 e. The molecule has 3 nitrogen and oxygen atoms in total. The molecule has 0 atom stereocenters. The maximum absolute atomic E-state index is 4.24. The third-order valence-electron chi connectivity index (χ3n) is 5.18. The Balaban J connectivity index is 0.000000260. The first-order valence-electron chi connectivity index (χ1n) is 10.5. The molecule has 0 spiro atoms. The molecule has 1 aliphatic heterocycles. The Kier molecular flexibility index (Phi) is 8.73. The maximum Gasteiger partial charge on any atom is 0.0568 e. The lowest BCUT2D eigenvalue weighted by atomic mass is 10.0. The van der Waals surface area contributed by atoms with Crippen LogP contribution < -0.4 is 4.90 Å². The van der Waals surface area contributed by atoms with Crippen LogP contribution in [0.4, 0.5) is 5.69 Å². The summed E-state index contributed by atoms with van der Waals surface area (Å²) in [7, 11) is 4.15. The van der Waals surface area contributed by atoms with Crippen molar-refractivity contribution in [2.24, 2.45) is 7.05 Å². The van der Waals surface area contributed by atoms with Gasteiger partial charge in [-0.2, -0.15) is 5.10 Å². The van der Waals surface area contributed by atoms with Crippen LogP contribution in [0.3, 0.4) is 0 Å². The number of rotatable bonds is 6. The summed E-state index contributed by atoms with van der Waals surface area (Å²) < 4.78 is 1.85. The molecule has 0 radical (unpaired) electrons. The fourth-order valence-electron chi connectivity index (χ4n) is 3.55. The first kappa shape index (κ1) is 20.5.